The van der Waals surface area contributed by atoms with Crippen molar-refractivity contribution in [1.29, 1.82) is 0 Å². The molecule has 0 saturated carbocycles. The Labute approximate surface area is 270 Å². The maximum absolute atomic E-state index is 13.0. The van der Waals surface area contributed by atoms with Gasteiger partial charge in [-0.3, -0.25) is 4.79 Å². The van der Waals surface area contributed by atoms with Crippen molar-refractivity contribution in [2.24, 2.45) is 11.7 Å². The van der Waals surface area contributed by atoms with E-state index in [4.69, 9.17) is 5.73 Å². The molecule has 0 spiro atoms. The summed E-state index contributed by atoms with van der Waals surface area (Å²) < 4.78 is 0. The molecule has 0 aromatic rings. The lowest BCUT2D eigenvalue weighted by molar-refractivity contribution is -0.125. The summed E-state index contributed by atoms with van der Waals surface area (Å²) in [4.78, 5) is 13.0. The van der Waals surface area contributed by atoms with Crippen LogP contribution in [-0.4, -0.2) is 45.2 Å². The number of hydrogen-bond acceptors (Lipinski definition) is 4. The lowest BCUT2D eigenvalue weighted by Crippen LogP contribution is -2.38. The third kappa shape index (κ3) is 34.1. The molecule has 0 saturated heterocycles. The van der Waals surface area contributed by atoms with Crippen LogP contribution in [0.25, 0.3) is 0 Å². The van der Waals surface area contributed by atoms with Crippen LogP contribution in [0.4, 0.5) is 0 Å². The van der Waals surface area contributed by atoms with E-state index in [1.165, 1.54) is 167 Å². The predicted octanol–water partition coefficient (Wildman–Crippen LogP) is 9.82. The Morgan fingerprint density at radius 3 is 1.09 bits per heavy atom. The number of amides is 1. The first-order chi connectivity index (χ1) is 21.3. The molecule has 0 bridgehead atoms. The van der Waals surface area contributed by atoms with Crippen LogP contribution in [0.5, 0.6) is 0 Å². The van der Waals surface area contributed by atoms with Crippen molar-refractivity contribution in [1.82, 2.24) is 16.0 Å². The molecule has 1 unspecified atom stereocenters. The zero-order valence-corrected chi connectivity index (χ0v) is 29.6. The maximum Gasteiger partial charge on any atom is 0.223 e. The summed E-state index contributed by atoms with van der Waals surface area (Å²) in [5.41, 5.74) is 5.51. The molecular weight excluding hydrogens is 528 g/mol. The Kier molecular flexibility index (Phi) is 37.0. The summed E-state index contributed by atoms with van der Waals surface area (Å²) in [6.45, 7) is 9.52. The van der Waals surface area contributed by atoms with E-state index in [0.29, 0.717) is 12.5 Å². The van der Waals surface area contributed by atoms with Crippen LogP contribution >= 0.6 is 0 Å². The molecule has 0 fully saturated rings. The molecule has 0 rings (SSSR count). The number of rotatable bonds is 37. The first-order valence-corrected chi connectivity index (χ1v) is 19.6. The minimum absolute atomic E-state index is 0.201. The summed E-state index contributed by atoms with van der Waals surface area (Å²) in [5.74, 6) is 0.493. The van der Waals surface area contributed by atoms with Crippen LogP contribution in [0.15, 0.2) is 0 Å². The van der Waals surface area contributed by atoms with Gasteiger partial charge in [-0.05, 0) is 12.8 Å². The van der Waals surface area contributed by atoms with E-state index >= 15 is 0 Å². The molecule has 0 heterocycles. The van der Waals surface area contributed by atoms with Gasteiger partial charge in [0.05, 0.1) is 0 Å². The van der Waals surface area contributed by atoms with E-state index < -0.39 is 0 Å². The number of carbonyl (C=O) groups excluding carboxylic acids is 1. The lowest BCUT2D eigenvalue weighted by atomic mass is 9.93. The summed E-state index contributed by atoms with van der Waals surface area (Å²) in [6.07, 6.45) is 38.0. The Morgan fingerprint density at radius 2 is 0.744 bits per heavy atom. The molecule has 0 aliphatic rings. The van der Waals surface area contributed by atoms with Crippen molar-refractivity contribution >= 4 is 5.91 Å². The summed E-state index contributed by atoms with van der Waals surface area (Å²) in [5, 5.41) is 9.94. The fraction of sp³-hybridized carbons (Fsp3) is 0.974. The average molecular weight is 609 g/mol. The molecule has 5 heteroatoms. The minimum Gasteiger partial charge on any atom is -0.355 e. The number of nitrogens with one attached hydrogen (secondary N) is 3. The quantitative estimate of drug-likeness (QED) is 0.0529. The molecule has 5 nitrogen and oxygen atoms in total. The van der Waals surface area contributed by atoms with Crippen LogP contribution in [0.3, 0.4) is 0 Å². The Morgan fingerprint density at radius 1 is 0.442 bits per heavy atom. The van der Waals surface area contributed by atoms with Crippen LogP contribution in [-0.2, 0) is 4.79 Å². The first kappa shape index (κ1) is 42.3. The highest BCUT2D eigenvalue weighted by Crippen LogP contribution is 2.20. The zero-order valence-electron chi connectivity index (χ0n) is 29.6. The van der Waals surface area contributed by atoms with Gasteiger partial charge in [-0.2, -0.15) is 0 Å². The number of unbranched alkanes of at least 4 members (excludes halogenated alkanes) is 24. The topological polar surface area (TPSA) is 79.2 Å². The predicted molar refractivity (Wildman–Crippen MR) is 192 cm³/mol. The molecule has 0 aliphatic heterocycles. The number of hydrogen-bond donors (Lipinski definition) is 4. The van der Waals surface area contributed by atoms with Crippen LogP contribution in [0.2, 0.25) is 0 Å². The van der Waals surface area contributed by atoms with Crippen molar-refractivity contribution in [3.05, 3.63) is 0 Å². The van der Waals surface area contributed by atoms with Gasteiger partial charge < -0.3 is 21.7 Å². The molecule has 258 valence electrons. The Hall–Kier alpha value is -0.650. The molecule has 5 N–H and O–H groups in total. The highest BCUT2D eigenvalue weighted by Gasteiger charge is 2.17. The van der Waals surface area contributed by atoms with Crippen LogP contribution in [0, 0.1) is 5.92 Å². The van der Waals surface area contributed by atoms with Gasteiger partial charge in [-0.1, -0.05) is 181 Å². The third-order valence-corrected chi connectivity index (χ3v) is 9.08. The molecular formula is C38H80N4O. The van der Waals surface area contributed by atoms with Gasteiger partial charge in [-0.25, -0.2) is 0 Å². The normalized spacial score (nSPS) is 12.2. The molecule has 1 amide bonds. The highest BCUT2D eigenvalue weighted by atomic mass is 16.1. The molecule has 0 radical (unpaired) electrons. The van der Waals surface area contributed by atoms with Crippen molar-refractivity contribution < 1.29 is 4.79 Å². The van der Waals surface area contributed by atoms with Crippen molar-refractivity contribution in [2.45, 2.75) is 194 Å². The summed E-state index contributed by atoms with van der Waals surface area (Å²) >= 11 is 0. The highest BCUT2D eigenvalue weighted by molar-refractivity contribution is 5.78. The minimum atomic E-state index is 0.201. The van der Waals surface area contributed by atoms with Crippen molar-refractivity contribution in [3.63, 3.8) is 0 Å². The van der Waals surface area contributed by atoms with Gasteiger partial charge in [0.1, 0.15) is 0 Å². The average Bonchev–Trinajstić information content (AvgIpc) is 3.01. The molecule has 0 aliphatic carbocycles. The second-order valence-electron chi connectivity index (χ2n) is 13.3. The fourth-order valence-corrected chi connectivity index (χ4v) is 6.17. The molecule has 43 heavy (non-hydrogen) atoms. The van der Waals surface area contributed by atoms with E-state index in [1.807, 2.05) is 0 Å². The van der Waals surface area contributed by atoms with Crippen LogP contribution in [0.1, 0.15) is 194 Å². The second kappa shape index (κ2) is 37.5. The van der Waals surface area contributed by atoms with E-state index in [0.717, 1.165) is 45.6 Å². The van der Waals surface area contributed by atoms with E-state index in [1.54, 1.807) is 0 Å². The molecule has 1 atom stereocenters. The standard InChI is InChI=1S/C38H80N4O/c1-3-5-7-9-11-13-15-17-18-20-22-24-26-28-30-37(38(43)42-36-35-41-34-33-40-32-31-39)29-27-25-23-21-19-16-14-12-10-8-6-4-2/h37,40-41H,3-36,39H2,1-2H3,(H,42,43). The third-order valence-electron chi connectivity index (χ3n) is 9.08. The van der Waals surface area contributed by atoms with Gasteiger partial charge >= 0.3 is 0 Å². The second-order valence-corrected chi connectivity index (χ2v) is 13.3. The van der Waals surface area contributed by atoms with Crippen molar-refractivity contribution in [3.8, 4) is 0 Å². The monoisotopic (exact) mass is 609 g/mol. The van der Waals surface area contributed by atoms with E-state index in [-0.39, 0.29) is 5.92 Å². The molecule has 0 aromatic heterocycles. The largest absolute Gasteiger partial charge is 0.355 e. The number of carbonyl (C=O) groups is 1. The fourth-order valence-electron chi connectivity index (χ4n) is 6.17. The summed E-state index contributed by atoms with van der Waals surface area (Å²) in [7, 11) is 0. The van der Waals surface area contributed by atoms with E-state index in [9.17, 15) is 4.79 Å². The number of nitrogens with two attached hydrogens (primary N) is 1. The van der Waals surface area contributed by atoms with Gasteiger partial charge in [0.2, 0.25) is 5.91 Å². The van der Waals surface area contributed by atoms with Crippen molar-refractivity contribution in [2.75, 3.05) is 39.3 Å². The maximum atomic E-state index is 13.0. The first-order valence-electron chi connectivity index (χ1n) is 19.6. The van der Waals surface area contributed by atoms with E-state index in [2.05, 4.69) is 29.8 Å². The summed E-state index contributed by atoms with van der Waals surface area (Å²) in [6, 6.07) is 0. The van der Waals surface area contributed by atoms with Crippen LogP contribution < -0.4 is 21.7 Å². The Balaban J connectivity index is 4.02. The lowest BCUT2D eigenvalue weighted by Gasteiger charge is -2.17. The molecule has 0 aromatic carbocycles. The zero-order chi connectivity index (χ0) is 31.3. The Bertz CT molecular complexity index is 530. The SMILES string of the molecule is CCCCCCCCCCCCCCCCC(CCCCCCCCCCCCCC)C(=O)NCCNCCNCCN. The van der Waals surface area contributed by atoms with Gasteiger partial charge in [0, 0.05) is 45.2 Å². The van der Waals surface area contributed by atoms with Gasteiger partial charge in [0.25, 0.3) is 0 Å². The van der Waals surface area contributed by atoms with Gasteiger partial charge in [0.15, 0.2) is 0 Å². The van der Waals surface area contributed by atoms with Gasteiger partial charge in [-0.15, -0.1) is 0 Å². The smallest absolute Gasteiger partial charge is 0.223 e.